The molecule has 0 aliphatic carbocycles. The quantitative estimate of drug-likeness (QED) is 0.737. The van der Waals surface area contributed by atoms with Crippen LogP contribution in [0.3, 0.4) is 0 Å². The van der Waals surface area contributed by atoms with E-state index in [9.17, 15) is 5.11 Å². The van der Waals surface area contributed by atoms with Crippen molar-refractivity contribution in [3.8, 4) is 0 Å². The van der Waals surface area contributed by atoms with Crippen molar-refractivity contribution in [1.82, 2.24) is 0 Å². The average molecular weight is 189 g/mol. The zero-order valence-electron chi connectivity index (χ0n) is 6.93. The molecule has 12 heavy (non-hydrogen) atoms. The summed E-state index contributed by atoms with van der Waals surface area (Å²) in [5.41, 5.74) is 0.800. The molecule has 1 aromatic carbocycles. The number of hydrogen-bond acceptors (Lipinski definition) is 2. The number of rotatable bonds is 3. The van der Waals surface area contributed by atoms with E-state index < -0.39 is 6.29 Å². The minimum Gasteiger partial charge on any atom is -0.364 e. The summed E-state index contributed by atoms with van der Waals surface area (Å²) in [6.45, 7) is 2.38. The van der Waals surface area contributed by atoms with Gasteiger partial charge in [0, 0.05) is 12.2 Å². The molecule has 0 radical (unpaired) electrons. The fraction of sp³-hybridized carbons (Fsp3) is 0.333. The van der Waals surface area contributed by atoms with Gasteiger partial charge in [-0.05, 0) is 6.92 Å². The van der Waals surface area contributed by atoms with Crippen LogP contribution >= 0.6 is 12.4 Å². The van der Waals surface area contributed by atoms with Gasteiger partial charge in [0.05, 0.1) is 0 Å². The zero-order chi connectivity index (χ0) is 8.10. The number of aliphatic hydroxyl groups excluding tert-OH is 1. The lowest BCUT2D eigenvalue weighted by atomic mass is 10.2. The minimum absolute atomic E-state index is 0. The van der Waals surface area contributed by atoms with E-state index in [2.05, 4.69) is 0 Å². The summed E-state index contributed by atoms with van der Waals surface area (Å²) in [6.07, 6.45) is -0.777. The van der Waals surface area contributed by atoms with Gasteiger partial charge in [0.15, 0.2) is 6.29 Å². The van der Waals surface area contributed by atoms with Crippen LogP contribution in [0.15, 0.2) is 30.3 Å². The highest BCUT2D eigenvalue weighted by molar-refractivity contribution is 5.85. The highest BCUT2D eigenvalue weighted by Crippen LogP contribution is 2.12. The van der Waals surface area contributed by atoms with Gasteiger partial charge in [-0.2, -0.15) is 0 Å². The standard InChI is InChI=1S/C9H12O2.ClH/c1-2-11-9(10)8-6-4-3-5-7-8;/h3-7,9-10H,2H2,1H3;1H. The van der Waals surface area contributed by atoms with Crippen molar-refractivity contribution >= 4 is 12.4 Å². The molecule has 0 aliphatic heterocycles. The highest BCUT2D eigenvalue weighted by Gasteiger charge is 2.03. The van der Waals surface area contributed by atoms with Crippen molar-refractivity contribution in [2.75, 3.05) is 6.61 Å². The third-order valence-corrected chi connectivity index (χ3v) is 1.41. The van der Waals surface area contributed by atoms with Gasteiger partial charge in [0.1, 0.15) is 0 Å². The molecule has 1 atom stereocenters. The van der Waals surface area contributed by atoms with Crippen LogP contribution in [-0.2, 0) is 4.74 Å². The summed E-state index contributed by atoms with van der Waals surface area (Å²) in [6, 6.07) is 9.32. The van der Waals surface area contributed by atoms with Gasteiger partial charge in [0.2, 0.25) is 0 Å². The fourth-order valence-electron chi connectivity index (χ4n) is 0.872. The summed E-state index contributed by atoms with van der Waals surface area (Å²) >= 11 is 0. The van der Waals surface area contributed by atoms with E-state index in [1.165, 1.54) is 0 Å². The third-order valence-electron chi connectivity index (χ3n) is 1.41. The van der Waals surface area contributed by atoms with Crippen molar-refractivity contribution in [2.24, 2.45) is 0 Å². The number of aliphatic hydroxyl groups is 1. The van der Waals surface area contributed by atoms with E-state index in [0.717, 1.165) is 5.56 Å². The van der Waals surface area contributed by atoms with Crippen LogP contribution in [0.1, 0.15) is 18.8 Å². The van der Waals surface area contributed by atoms with Crippen molar-refractivity contribution < 1.29 is 9.84 Å². The molecule has 68 valence electrons. The highest BCUT2D eigenvalue weighted by atomic mass is 35.5. The summed E-state index contributed by atoms with van der Waals surface area (Å²) in [7, 11) is 0. The van der Waals surface area contributed by atoms with Crippen molar-refractivity contribution in [1.29, 1.82) is 0 Å². The molecule has 2 nitrogen and oxygen atoms in total. The van der Waals surface area contributed by atoms with Crippen molar-refractivity contribution in [3.63, 3.8) is 0 Å². The fourth-order valence-corrected chi connectivity index (χ4v) is 0.872. The maximum Gasteiger partial charge on any atom is 0.181 e. The smallest absolute Gasteiger partial charge is 0.181 e. The molecule has 1 rings (SSSR count). The maximum atomic E-state index is 9.30. The Morgan fingerprint density at radius 1 is 1.33 bits per heavy atom. The Hall–Kier alpha value is -0.570. The molecule has 0 heterocycles. The first-order valence-electron chi connectivity index (χ1n) is 3.69. The third kappa shape index (κ3) is 3.22. The number of ether oxygens (including phenoxy) is 1. The Labute approximate surface area is 78.6 Å². The van der Waals surface area contributed by atoms with Crippen molar-refractivity contribution in [3.05, 3.63) is 35.9 Å². The Morgan fingerprint density at radius 3 is 2.42 bits per heavy atom. The molecule has 1 aromatic rings. The Morgan fingerprint density at radius 2 is 1.92 bits per heavy atom. The Balaban J connectivity index is 0.00000121. The van der Waals surface area contributed by atoms with Crippen LogP contribution in [0.25, 0.3) is 0 Å². The summed E-state index contributed by atoms with van der Waals surface area (Å²) in [5, 5.41) is 9.30. The molecule has 3 heteroatoms. The first-order chi connectivity index (χ1) is 5.34. The molecule has 0 fully saturated rings. The van der Waals surface area contributed by atoms with E-state index in [0.29, 0.717) is 6.61 Å². The van der Waals surface area contributed by atoms with E-state index >= 15 is 0 Å². The molecule has 0 amide bonds. The second kappa shape index (κ2) is 6.00. The maximum absolute atomic E-state index is 9.30. The number of hydrogen-bond donors (Lipinski definition) is 1. The molecule has 0 saturated carbocycles. The summed E-state index contributed by atoms with van der Waals surface area (Å²) in [5.74, 6) is 0. The molecular weight excluding hydrogens is 176 g/mol. The van der Waals surface area contributed by atoms with E-state index in [4.69, 9.17) is 4.74 Å². The van der Waals surface area contributed by atoms with Gasteiger partial charge in [-0.3, -0.25) is 0 Å². The average Bonchev–Trinajstić information content (AvgIpc) is 2.07. The Kier molecular flexibility index (Phi) is 5.72. The number of halogens is 1. The SMILES string of the molecule is CCOC(O)c1ccccc1.Cl. The van der Waals surface area contributed by atoms with E-state index in [-0.39, 0.29) is 12.4 Å². The van der Waals surface area contributed by atoms with Crippen LogP contribution in [-0.4, -0.2) is 11.7 Å². The normalized spacial score (nSPS) is 11.8. The van der Waals surface area contributed by atoms with Crippen LogP contribution < -0.4 is 0 Å². The van der Waals surface area contributed by atoms with Gasteiger partial charge in [-0.15, -0.1) is 12.4 Å². The van der Waals surface area contributed by atoms with Crippen LogP contribution in [0.5, 0.6) is 0 Å². The van der Waals surface area contributed by atoms with Gasteiger partial charge >= 0.3 is 0 Å². The molecule has 0 saturated heterocycles. The first-order valence-corrected chi connectivity index (χ1v) is 3.69. The summed E-state index contributed by atoms with van der Waals surface area (Å²) in [4.78, 5) is 0. The van der Waals surface area contributed by atoms with Crippen LogP contribution in [0, 0.1) is 0 Å². The van der Waals surface area contributed by atoms with Crippen LogP contribution in [0.2, 0.25) is 0 Å². The molecule has 0 spiro atoms. The second-order valence-electron chi connectivity index (χ2n) is 2.22. The lowest BCUT2D eigenvalue weighted by Crippen LogP contribution is -2.01. The minimum atomic E-state index is -0.777. The van der Waals surface area contributed by atoms with Crippen LogP contribution in [0.4, 0.5) is 0 Å². The molecule has 0 bridgehead atoms. The first kappa shape index (κ1) is 11.4. The monoisotopic (exact) mass is 188 g/mol. The molecule has 1 unspecified atom stereocenters. The largest absolute Gasteiger partial charge is 0.364 e. The van der Waals surface area contributed by atoms with Crippen molar-refractivity contribution in [2.45, 2.75) is 13.2 Å². The van der Waals surface area contributed by atoms with Gasteiger partial charge < -0.3 is 9.84 Å². The Bertz CT molecular complexity index is 201. The molecule has 1 N–H and O–H groups in total. The molecule has 0 aliphatic rings. The molecule has 0 aromatic heterocycles. The lowest BCUT2D eigenvalue weighted by molar-refractivity contribution is -0.0979. The second-order valence-corrected chi connectivity index (χ2v) is 2.22. The predicted molar refractivity (Wildman–Crippen MR) is 50.3 cm³/mol. The van der Waals surface area contributed by atoms with E-state index in [1.807, 2.05) is 37.3 Å². The van der Waals surface area contributed by atoms with E-state index in [1.54, 1.807) is 0 Å². The zero-order valence-corrected chi connectivity index (χ0v) is 7.75. The van der Waals surface area contributed by atoms with Gasteiger partial charge in [-0.25, -0.2) is 0 Å². The van der Waals surface area contributed by atoms with Gasteiger partial charge in [-0.1, -0.05) is 30.3 Å². The number of benzene rings is 1. The lowest BCUT2D eigenvalue weighted by Gasteiger charge is -2.09. The summed E-state index contributed by atoms with van der Waals surface area (Å²) < 4.78 is 4.98. The molecular formula is C9H13ClO2. The topological polar surface area (TPSA) is 29.5 Å². The van der Waals surface area contributed by atoms with Gasteiger partial charge in [0.25, 0.3) is 0 Å². The predicted octanol–water partition coefficient (Wildman–Crippen LogP) is 2.14.